The lowest BCUT2D eigenvalue weighted by Crippen LogP contribution is -2.08. The van der Waals surface area contributed by atoms with E-state index in [-0.39, 0.29) is 11.8 Å². The molecule has 0 amide bonds. The molecule has 1 N–H and O–H groups in total. The van der Waals surface area contributed by atoms with Crippen LogP contribution in [-0.4, -0.2) is 28.6 Å². The summed E-state index contributed by atoms with van der Waals surface area (Å²) in [6.45, 7) is 2.84. The summed E-state index contributed by atoms with van der Waals surface area (Å²) in [6, 6.07) is 10.7. The van der Waals surface area contributed by atoms with Gasteiger partial charge in [-0.05, 0) is 36.2 Å². The molecule has 1 aliphatic heterocycles. The van der Waals surface area contributed by atoms with Crippen molar-refractivity contribution in [3.8, 4) is 11.5 Å². The first-order chi connectivity index (χ1) is 12.7. The molecule has 0 bridgehead atoms. The highest BCUT2D eigenvalue weighted by Crippen LogP contribution is 2.29. The Morgan fingerprint density at radius 3 is 2.65 bits per heavy atom. The molecular weight excluding hydrogens is 336 g/mol. The highest BCUT2D eigenvalue weighted by atomic mass is 16.7. The van der Waals surface area contributed by atoms with E-state index in [1.54, 1.807) is 0 Å². The van der Waals surface area contributed by atoms with Crippen molar-refractivity contribution >= 4 is 11.9 Å². The SMILES string of the molecule is CCCCOc1ccc([C@H]2CC(Oc3ccc(C(=O)O)nc3)=NO2)cc1. The van der Waals surface area contributed by atoms with Crippen molar-refractivity contribution in [3.05, 3.63) is 53.9 Å². The predicted molar refractivity (Wildman–Crippen MR) is 94.5 cm³/mol. The zero-order chi connectivity index (χ0) is 18.4. The second kappa shape index (κ2) is 8.33. The number of ether oxygens (including phenoxy) is 2. The van der Waals surface area contributed by atoms with Crippen LogP contribution in [-0.2, 0) is 4.84 Å². The molecule has 1 aromatic heterocycles. The van der Waals surface area contributed by atoms with Crippen LogP contribution in [0.5, 0.6) is 11.5 Å². The summed E-state index contributed by atoms with van der Waals surface area (Å²) in [4.78, 5) is 20.0. The van der Waals surface area contributed by atoms with Crippen molar-refractivity contribution < 1.29 is 24.2 Å². The quantitative estimate of drug-likeness (QED) is 0.759. The summed E-state index contributed by atoms with van der Waals surface area (Å²) in [5.74, 6) is 0.586. The monoisotopic (exact) mass is 356 g/mol. The number of hydrogen-bond acceptors (Lipinski definition) is 6. The molecule has 3 rings (SSSR count). The number of carboxylic acids is 1. The van der Waals surface area contributed by atoms with Gasteiger partial charge < -0.3 is 19.4 Å². The zero-order valence-electron chi connectivity index (χ0n) is 14.4. The van der Waals surface area contributed by atoms with E-state index in [1.807, 2.05) is 24.3 Å². The normalized spacial score (nSPS) is 15.9. The molecule has 1 aliphatic rings. The second-order valence-corrected chi connectivity index (χ2v) is 5.84. The topological polar surface area (TPSA) is 90.2 Å². The van der Waals surface area contributed by atoms with Crippen LogP contribution in [0.4, 0.5) is 0 Å². The van der Waals surface area contributed by atoms with Gasteiger partial charge in [-0.1, -0.05) is 30.6 Å². The summed E-state index contributed by atoms with van der Waals surface area (Å²) in [7, 11) is 0. The fourth-order valence-corrected chi connectivity index (χ4v) is 2.41. The zero-order valence-corrected chi connectivity index (χ0v) is 14.4. The van der Waals surface area contributed by atoms with Gasteiger partial charge in [-0.15, -0.1) is 0 Å². The van der Waals surface area contributed by atoms with Gasteiger partial charge in [0.15, 0.2) is 6.10 Å². The molecule has 0 unspecified atom stereocenters. The lowest BCUT2D eigenvalue weighted by Gasteiger charge is -2.10. The molecule has 0 spiro atoms. The molecule has 26 heavy (non-hydrogen) atoms. The molecule has 0 fully saturated rings. The van der Waals surface area contributed by atoms with Gasteiger partial charge >= 0.3 is 5.97 Å². The number of aromatic carboxylic acids is 1. The van der Waals surface area contributed by atoms with E-state index in [1.165, 1.54) is 18.3 Å². The predicted octanol–water partition coefficient (Wildman–Crippen LogP) is 3.81. The van der Waals surface area contributed by atoms with E-state index in [0.717, 1.165) is 24.2 Å². The third-order valence-electron chi connectivity index (χ3n) is 3.85. The number of hydrogen-bond donors (Lipinski definition) is 1. The van der Waals surface area contributed by atoms with Crippen LogP contribution in [0, 0.1) is 0 Å². The van der Waals surface area contributed by atoms with E-state index < -0.39 is 5.97 Å². The third-order valence-corrected chi connectivity index (χ3v) is 3.85. The van der Waals surface area contributed by atoms with Gasteiger partial charge in [-0.3, -0.25) is 0 Å². The van der Waals surface area contributed by atoms with Gasteiger partial charge in [-0.2, -0.15) is 0 Å². The summed E-state index contributed by atoms with van der Waals surface area (Å²) < 4.78 is 11.2. The lowest BCUT2D eigenvalue weighted by molar-refractivity contribution is 0.0690. The Morgan fingerprint density at radius 2 is 2.00 bits per heavy atom. The average Bonchev–Trinajstić information content (AvgIpc) is 3.11. The van der Waals surface area contributed by atoms with Gasteiger partial charge in [0.1, 0.15) is 17.2 Å². The smallest absolute Gasteiger partial charge is 0.354 e. The van der Waals surface area contributed by atoms with Crippen LogP contribution in [0.25, 0.3) is 0 Å². The maximum absolute atomic E-state index is 10.8. The lowest BCUT2D eigenvalue weighted by atomic mass is 10.1. The Bertz CT molecular complexity index is 772. The van der Waals surface area contributed by atoms with Gasteiger partial charge in [0.25, 0.3) is 0 Å². The Kier molecular flexibility index (Phi) is 5.68. The molecule has 7 heteroatoms. The van der Waals surface area contributed by atoms with Gasteiger partial charge in [-0.25, -0.2) is 9.78 Å². The Hall–Kier alpha value is -3.09. The van der Waals surface area contributed by atoms with Crippen molar-refractivity contribution in [1.29, 1.82) is 0 Å². The summed E-state index contributed by atoms with van der Waals surface area (Å²) >= 11 is 0. The molecule has 1 atom stereocenters. The van der Waals surface area contributed by atoms with Crippen molar-refractivity contribution in [3.63, 3.8) is 0 Å². The second-order valence-electron chi connectivity index (χ2n) is 5.84. The Morgan fingerprint density at radius 1 is 1.23 bits per heavy atom. The van der Waals surface area contributed by atoms with Gasteiger partial charge in [0.2, 0.25) is 5.90 Å². The first-order valence-electron chi connectivity index (χ1n) is 8.48. The minimum Gasteiger partial charge on any atom is -0.494 e. The number of pyridine rings is 1. The largest absolute Gasteiger partial charge is 0.494 e. The minimum absolute atomic E-state index is 0.0407. The average molecular weight is 356 g/mol. The van der Waals surface area contributed by atoms with E-state index in [4.69, 9.17) is 19.4 Å². The molecule has 7 nitrogen and oxygen atoms in total. The number of carbonyl (C=O) groups is 1. The number of nitrogens with zero attached hydrogens (tertiary/aromatic N) is 2. The van der Waals surface area contributed by atoms with Crippen LogP contribution < -0.4 is 9.47 Å². The number of unbranched alkanes of at least 4 members (excludes halogenated alkanes) is 1. The molecule has 2 aromatic rings. The molecule has 0 saturated carbocycles. The van der Waals surface area contributed by atoms with Crippen LogP contribution in [0.3, 0.4) is 0 Å². The van der Waals surface area contributed by atoms with Crippen LogP contribution in [0.2, 0.25) is 0 Å². The summed E-state index contributed by atoms with van der Waals surface area (Å²) in [6.07, 6.45) is 3.74. The molecule has 136 valence electrons. The first kappa shape index (κ1) is 17.7. The molecular formula is C19H20N2O5. The summed E-state index contributed by atoms with van der Waals surface area (Å²) in [5.41, 5.74) is 0.940. The summed E-state index contributed by atoms with van der Waals surface area (Å²) in [5, 5.41) is 12.8. The Balaban J connectivity index is 1.53. The maximum atomic E-state index is 10.8. The number of carboxylic acid groups (broad SMARTS) is 1. The van der Waals surface area contributed by atoms with Crippen molar-refractivity contribution in [2.45, 2.75) is 32.3 Å². The fraction of sp³-hybridized carbons (Fsp3) is 0.316. The van der Waals surface area contributed by atoms with Crippen molar-refractivity contribution in [2.24, 2.45) is 5.16 Å². The molecule has 2 heterocycles. The van der Waals surface area contributed by atoms with E-state index in [2.05, 4.69) is 17.1 Å². The number of oxime groups is 1. The number of benzene rings is 1. The first-order valence-corrected chi connectivity index (χ1v) is 8.48. The number of rotatable bonds is 7. The maximum Gasteiger partial charge on any atom is 0.354 e. The highest BCUT2D eigenvalue weighted by molar-refractivity contribution is 5.85. The van der Waals surface area contributed by atoms with Crippen LogP contribution in [0.1, 0.15) is 48.3 Å². The molecule has 0 aliphatic carbocycles. The third kappa shape index (κ3) is 4.50. The van der Waals surface area contributed by atoms with Crippen LogP contribution in [0.15, 0.2) is 47.8 Å². The van der Waals surface area contributed by atoms with E-state index in [9.17, 15) is 4.79 Å². The molecule has 0 radical (unpaired) electrons. The van der Waals surface area contributed by atoms with E-state index in [0.29, 0.717) is 24.7 Å². The molecule has 0 saturated heterocycles. The van der Waals surface area contributed by atoms with Gasteiger partial charge in [0, 0.05) is 0 Å². The van der Waals surface area contributed by atoms with Gasteiger partial charge in [0.05, 0.1) is 19.2 Å². The van der Waals surface area contributed by atoms with Crippen LogP contribution >= 0.6 is 0 Å². The minimum atomic E-state index is -1.08. The highest BCUT2D eigenvalue weighted by Gasteiger charge is 2.24. The standard InChI is InChI=1S/C19H20N2O5/c1-2-3-10-24-14-6-4-13(5-7-14)17-11-18(21-26-17)25-15-8-9-16(19(22)23)20-12-15/h4-9,12,17H,2-3,10-11H2,1H3,(H,22,23)/t17-/m1/s1. The Labute approximate surface area is 151 Å². The van der Waals surface area contributed by atoms with E-state index >= 15 is 0 Å². The fourth-order valence-electron chi connectivity index (χ4n) is 2.41. The molecule has 1 aromatic carbocycles. The van der Waals surface area contributed by atoms with Crippen molar-refractivity contribution in [2.75, 3.05) is 6.61 Å². The number of aromatic nitrogens is 1. The van der Waals surface area contributed by atoms with Crippen molar-refractivity contribution in [1.82, 2.24) is 4.98 Å².